The van der Waals surface area contributed by atoms with Crippen LogP contribution in [-0.2, 0) is 16.0 Å². The number of carbonyl (C=O) groups is 3. The van der Waals surface area contributed by atoms with Crippen molar-refractivity contribution in [2.45, 2.75) is 38.3 Å². The van der Waals surface area contributed by atoms with Crippen LogP contribution in [0.15, 0.2) is 48.5 Å². The van der Waals surface area contributed by atoms with Gasteiger partial charge in [-0.15, -0.1) is 0 Å². The smallest absolute Gasteiger partial charge is 0.253 e. The van der Waals surface area contributed by atoms with Crippen molar-refractivity contribution in [3.8, 4) is 11.5 Å². The topological polar surface area (TPSA) is 97.0 Å². The van der Waals surface area contributed by atoms with Gasteiger partial charge in [0, 0.05) is 38.0 Å². The molecule has 3 amide bonds. The van der Waals surface area contributed by atoms with E-state index in [1.54, 1.807) is 43.4 Å². The van der Waals surface area contributed by atoms with Gasteiger partial charge >= 0.3 is 0 Å². The van der Waals surface area contributed by atoms with Gasteiger partial charge in [0.2, 0.25) is 11.8 Å². The largest absolute Gasteiger partial charge is 0.497 e. The lowest BCUT2D eigenvalue weighted by Crippen LogP contribution is -2.53. The van der Waals surface area contributed by atoms with Crippen LogP contribution in [0.5, 0.6) is 11.5 Å². The van der Waals surface area contributed by atoms with E-state index >= 15 is 0 Å². The fraction of sp³-hybridized carbons (Fsp3) is 0.400. The summed E-state index contributed by atoms with van der Waals surface area (Å²) >= 11 is 0. The summed E-state index contributed by atoms with van der Waals surface area (Å²) in [5.74, 6) is 0.830. The molecule has 1 atom stereocenters. The Bertz CT molecular complexity index is 968. The molecule has 33 heavy (non-hydrogen) atoms. The molecule has 1 heterocycles. The van der Waals surface area contributed by atoms with Gasteiger partial charge in [-0.1, -0.05) is 18.2 Å². The maximum Gasteiger partial charge on any atom is 0.253 e. The average molecular weight is 454 g/mol. The molecule has 0 bridgehead atoms. The fourth-order valence-electron chi connectivity index (χ4n) is 3.99. The van der Waals surface area contributed by atoms with Crippen molar-refractivity contribution in [3.63, 3.8) is 0 Å². The van der Waals surface area contributed by atoms with E-state index in [1.165, 1.54) is 6.92 Å². The minimum Gasteiger partial charge on any atom is -0.497 e. The molecule has 0 saturated carbocycles. The standard InChI is InChI=1S/C25H31N3O5/c1-17(29)26-22(16-19-6-4-5-7-23(19)33-3)24(30)27-20-12-14-28(15-13-20)25(31)18-8-10-21(32-2)11-9-18/h4-11,20,22H,12-16H2,1-3H3,(H,26,29)(H,27,30)/t22-/m0/s1. The van der Waals surface area contributed by atoms with E-state index in [1.807, 2.05) is 24.3 Å². The Morgan fingerprint density at radius 2 is 1.67 bits per heavy atom. The summed E-state index contributed by atoms with van der Waals surface area (Å²) in [6.45, 7) is 2.49. The Labute approximate surface area is 194 Å². The Kier molecular flexibility index (Phi) is 8.29. The third kappa shape index (κ3) is 6.47. The summed E-state index contributed by atoms with van der Waals surface area (Å²) in [5.41, 5.74) is 1.45. The van der Waals surface area contributed by atoms with Crippen LogP contribution in [0, 0.1) is 0 Å². The zero-order valence-electron chi connectivity index (χ0n) is 19.3. The number of likely N-dealkylation sites (tertiary alicyclic amines) is 1. The number of ether oxygens (including phenoxy) is 2. The predicted octanol–water partition coefficient (Wildman–Crippen LogP) is 2.17. The number of rotatable bonds is 8. The van der Waals surface area contributed by atoms with Gasteiger partial charge in [0.05, 0.1) is 14.2 Å². The number of benzene rings is 2. The molecule has 1 aliphatic rings. The monoisotopic (exact) mass is 453 g/mol. The van der Waals surface area contributed by atoms with E-state index in [-0.39, 0.29) is 23.8 Å². The number of hydrogen-bond acceptors (Lipinski definition) is 5. The van der Waals surface area contributed by atoms with Crippen LogP contribution in [0.3, 0.4) is 0 Å². The minimum absolute atomic E-state index is 0.0327. The van der Waals surface area contributed by atoms with Crippen molar-refractivity contribution < 1.29 is 23.9 Å². The number of para-hydroxylation sites is 1. The van der Waals surface area contributed by atoms with Crippen molar-refractivity contribution in [3.05, 3.63) is 59.7 Å². The maximum absolute atomic E-state index is 13.0. The first-order chi connectivity index (χ1) is 15.9. The van der Waals surface area contributed by atoms with Gasteiger partial charge in [-0.05, 0) is 48.7 Å². The van der Waals surface area contributed by atoms with E-state index in [9.17, 15) is 14.4 Å². The molecule has 0 aliphatic carbocycles. The average Bonchev–Trinajstić information content (AvgIpc) is 2.83. The van der Waals surface area contributed by atoms with Crippen molar-refractivity contribution in [2.75, 3.05) is 27.3 Å². The van der Waals surface area contributed by atoms with Crippen LogP contribution in [0.2, 0.25) is 0 Å². The van der Waals surface area contributed by atoms with Crippen LogP contribution < -0.4 is 20.1 Å². The number of piperidine rings is 1. The number of hydrogen-bond donors (Lipinski definition) is 2. The molecular formula is C25H31N3O5. The number of methoxy groups -OCH3 is 2. The Morgan fingerprint density at radius 1 is 1.00 bits per heavy atom. The quantitative estimate of drug-likeness (QED) is 0.639. The van der Waals surface area contributed by atoms with E-state index in [0.717, 1.165) is 5.56 Å². The molecule has 2 aromatic rings. The van der Waals surface area contributed by atoms with Crippen LogP contribution in [0.1, 0.15) is 35.7 Å². The maximum atomic E-state index is 13.0. The third-order valence-electron chi connectivity index (χ3n) is 5.78. The SMILES string of the molecule is COc1ccc(C(=O)N2CCC(NC(=O)[C@H](Cc3ccccc3OC)NC(C)=O)CC2)cc1. The van der Waals surface area contributed by atoms with E-state index in [4.69, 9.17) is 9.47 Å². The second-order valence-corrected chi connectivity index (χ2v) is 8.07. The van der Waals surface area contributed by atoms with Crippen LogP contribution >= 0.6 is 0 Å². The number of nitrogens with zero attached hydrogens (tertiary/aromatic N) is 1. The third-order valence-corrected chi connectivity index (χ3v) is 5.78. The summed E-state index contributed by atoms with van der Waals surface area (Å²) in [7, 11) is 3.16. The highest BCUT2D eigenvalue weighted by Crippen LogP contribution is 2.20. The molecule has 3 rings (SSSR count). The molecule has 1 saturated heterocycles. The molecule has 0 aromatic heterocycles. The van der Waals surface area contributed by atoms with Crippen LogP contribution in [0.25, 0.3) is 0 Å². The summed E-state index contributed by atoms with van der Waals surface area (Å²) in [4.78, 5) is 39.3. The molecule has 0 radical (unpaired) electrons. The highest BCUT2D eigenvalue weighted by atomic mass is 16.5. The molecule has 0 spiro atoms. The lowest BCUT2D eigenvalue weighted by atomic mass is 10.0. The Morgan fingerprint density at radius 3 is 2.27 bits per heavy atom. The van der Waals surface area contributed by atoms with Crippen molar-refractivity contribution in [1.29, 1.82) is 0 Å². The second kappa shape index (κ2) is 11.4. The first-order valence-corrected chi connectivity index (χ1v) is 11.0. The molecule has 8 nitrogen and oxygen atoms in total. The van der Waals surface area contributed by atoms with E-state index < -0.39 is 6.04 Å². The Hall–Kier alpha value is -3.55. The zero-order valence-corrected chi connectivity index (χ0v) is 19.3. The van der Waals surface area contributed by atoms with Gasteiger partial charge in [0.25, 0.3) is 5.91 Å². The lowest BCUT2D eigenvalue weighted by molar-refractivity contribution is -0.128. The van der Waals surface area contributed by atoms with Gasteiger partial charge in [-0.25, -0.2) is 0 Å². The molecule has 2 N–H and O–H groups in total. The molecular weight excluding hydrogens is 422 g/mol. The first kappa shape index (κ1) is 24.1. The van der Waals surface area contributed by atoms with Gasteiger partial charge in [-0.3, -0.25) is 14.4 Å². The van der Waals surface area contributed by atoms with E-state index in [2.05, 4.69) is 10.6 Å². The molecule has 176 valence electrons. The predicted molar refractivity (Wildman–Crippen MR) is 124 cm³/mol. The Balaban J connectivity index is 1.57. The van der Waals surface area contributed by atoms with Gasteiger partial charge in [0.1, 0.15) is 17.5 Å². The second-order valence-electron chi connectivity index (χ2n) is 8.07. The minimum atomic E-state index is -0.710. The zero-order chi connectivity index (χ0) is 23.8. The highest BCUT2D eigenvalue weighted by molar-refractivity contribution is 5.94. The van der Waals surface area contributed by atoms with Crippen molar-refractivity contribution in [1.82, 2.24) is 15.5 Å². The number of carbonyl (C=O) groups excluding carboxylic acids is 3. The highest BCUT2D eigenvalue weighted by Gasteiger charge is 2.28. The molecule has 1 fully saturated rings. The first-order valence-electron chi connectivity index (χ1n) is 11.0. The molecule has 2 aromatic carbocycles. The van der Waals surface area contributed by atoms with Gasteiger partial charge < -0.3 is 25.0 Å². The molecule has 8 heteroatoms. The number of amides is 3. The van der Waals surface area contributed by atoms with E-state index in [0.29, 0.717) is 49.4 Å². The van der Waals surface area contributed by atoms with Crippen LogP contribution in [0.4, 0.5) is 0 Å². The summed E-state index contributed by atoms with van der Waals surface area (Å²) < 4.78 is 10.5. The normalized spacial score (nSPS) is 14.8. The van der Waals surface area contributed by atoms with Gasteiger partial charge in [-0.2, -0.15) is 0 Å². The van der Waals surface area contributed by atoms with Crippen LogP contribution in [-0.4, -0.2) is 62.0 Å². The van der Waals surface area contributed by atoms with Crippen molar-refractivity contribution in [2.24, 2.45) is 0 Å². The van der Waals surface area contributed by atoms with Gasteiger partial charge in [0.15, 0.2) is 0 Å². The lowest BCUT2D eigenvalue weighted by Gasteiger charge is -2.33. The summed E-state index contributed by atoms with van der Waals surface area (Å²) in [5, 5.41) is 5.79. The van der Waals surface area contributed by atoms with Crippen molar-refractivity contribution >= 4 is 17.7 Å². The number of nitrogens with one attached hydrogen (secondary N) is 2. The molecule has 1 aliphatic heterocycles. The summed E-state index contributed by atoms with van der Waals surface area (Å²) in [6, 6.07) is 13.7. The summed E-state index contributed by atoms with van der Waals surface area (Å²) in [6.07, 6.45) is 1.62. The fourth-order valence-corrected chi connectivity index (χ4v) is 3.99. The molecule has 0 unspecified atom stereocenters.